The number of anilines is 1. The molecule has 1 aromatic heterocycles. The zero-order valence-electron chi connectivity index (χ0n) is 11.9. The van der Waals surface area contributed by atoms with E-state index >= 15 is 0 Å². The first-order valence-corrected chi connectivity index (χ1v) is 6.69. The number of ether oxygens (including phenoxy) is 2. The Hall–Kier alpha value is -2.30. The number of para-hydroxylation sites is 2. The van der Waals surface area contributed by atoms with Gasteiger partial charge in [0.25, 0.3) is 0 Å². The maximum absolute atomic E-state index is 5.70. The van der Waals surface area contributed by atoms with E-state index < -0.39 is 0 Å². The molecule has 5 heteroatoms. The van der Waals surface area contributed by atoms with Crippen molar-refractivity contribution in [2.45, 2.75) is 13.5 Å². The number of nitrogens with zero attached hydrogens (tertiary/aromatic N) is 2. The first-order valence-electron chi connectivity index (χ1n) is 6.69. The van der Waals surface area contributed by atoms with Gasteiger partial charge < -0.3 is 9.47 Å². The van der Waals surface area contributed by atoms with Crippen LogP contribution in [0.15, 0.2) is 42.7 Å². The molecule has 0 atom stereocenters. The predicted octanol–water partition coefficient (Wildman–Crippen LogP) is 1.89. The minimum atomic E-state index is 0.542. The molecule has 0 radical (unpaired) electrons. The van der Waals surface area contributed by atoms with Crippen LogP contribution >= 0.6 is 0 Å². The number of aryl methyl sites for hydroxylation is 1. The van der Waals surface area contributed by atoms with E-state index in [9.17, 15) is 0 Å². The van der Waals surface area contributed by atoms with Crippen LogP contribution in [0.25, 0.3) is 0 Å². The third-order valence-corrected chi connectivity index (χ3v) is 2.87. The molecule has 0 fully saturated rings. The van der Waals surface area contributed by atoms with E-state index in [0.29, 0.717) is 13.2 Å². The van der Waals surface area contributed by atoms with Crippen molar-refractivity contribution in [3.8, 4) is 11.5 Å². The summed E-state index contributed by atoms with van der Waals surface area (Å²) in [5, 5.41) is 3.26. The Kier molecular flexibility index (Phi) is 5.17. The van der Waals surface area contributed by atoms with Crippen molar-refractivity contribution >= 4 is 5.95 Å². The minimum absolute atomic E-state index is 0.542. The van der Waals surface area contributed by atoms with Gasteiger partial charge in [-0.3, -0.25) is 5.32 Å². The second kappa shape index (κ2) is 7.33. The molecule has 2 aromatic rings. The van der Waals surface area contributed by atoms with Crippen molar-refractivity contribution in [3.05, 3.63) is 42.7 Å². The van der Waals surface area contributed by atoms with E-state index in [4.69, 9.17) is 9.47 Å². The third-order valence-electron chi connectivity index (χ3n) is 2.87. The summed E-state index contributed by atoms with van der Waals surface area (Å²) >= 11 is 0. The summed E-state index contributed by atoms with van der Waals surface area (Å²) in [4.78, 5) is 4.30. The molecule has 1 N–H and O–H groups in total. The summed E-state index contributed by atoms with van der Waals surface area (Å²) in [6, 6.07) is 9.54. The van der Waals surface area contributed by atoms with Crippen LogP contribution in [-0.2, 0) is 6.54 Å². The summed E-state index contributed by atoms with van der Waals surface area (Å²) in [5.74, 6) is 2.34. The van der Waals surface area contributed by atoms with Gasteiger partial charge in [-0.15, -0.1) is 0 Å². The van der Waals surface area contributed by atoms with E-state index in [1.807, 2.05) is 41.1 Å². The number of aromatic nitrogens is 2. The van der Waals surface area contributed by atoms with E-state index in [1.165, 1.54) is 0 Å². The molecule has 1 heterocycles. The Balaban J connectivity index is 1.84. The zero-order chi connectivity index (χ0) is 14.2. The Labute approximate surface area is 119 Å². The molecule has 0 bridgehead atoms. The van der Waals surface area contributed by atoms with Crippen molar-refractivity contribution in [1.82, 2.24) is 4.98 Å². The first kappa shape index (κ1) is 14.1. The van der Waals surface area contributed by atoms with E-state index in [1.54, 1.807) is 13.3 Å². The summed E-state index contributed by atoms with van der Waals surface area (Å²) in [5.41, 5.74) is 0. The topological polar surface area (TPSA) is 47.3 Å². The fourth-order valence-corrected chi connectivity index (χ4v) is 1.87. The molecule has 20 heavy (non-hydrogen) atoms. The molecular formula is C15H20N3O2+. The molecule has 5 nitrogen and oxygen atoms in total. The molecular weight excluding hydrogens is 254 g/mol. The highest BCUT2D eigenvalue weighted by Gasteiger charge is 2.08. The summed E-state index contributed by atoms with van der Waals surface area (Å²) in [7, 11) is 1.64. The zero-order valence-corrected chi connectivity index (χ0v) is 11.9. The van der Waals surface area contributed by atoms with E-state index in [-0.39, 0.29) is 0 Å². The molecule has 0 amide bonds. The average molecular weight is 274 g/mol. The number of hydrogen-bond acceptors (Lipinski definition) is 4. The highest BCUT2D eigenvalue weighted by Crippen LogP contribution is 2.25. The molecule has 0 aliphatic carbocycles. The average Bonchev–Trinajstić information content (AvgIpc) is 2.52. The maximum atomic E-state index is 5.70. The van der Waals surface area contributed by atoms with E-state index in [0.717, 1.165) is 24.0 Å². The number of nitrogens with one attached hydrogen (secondary N) is 1. The van der Waals surface area contributed by atoms with Gasteiger partial charge in [-0.25, -0.2) is 4.57 Å². The molecule has 0 saturated heterocycles. The molecule has 0 aliphatic rings. The molecule has 106 valence electrons. The Morgan fingerprint density at radius 1 is 1.20 bits per heavy atom. The third kappa shape index (κ3) is 3.60. The van der Waals surface area contributed by atoms with Crippen LogP contribution in [0.5, 0.6) is 11.5 Å². The van der Waals surface area contributed by atoms with Crippen molar-refractivity contribution in [2.75, 3.05) is 25.6 Å². The second-order valence-electron chi connectivity index (χ2n) is 4.16. The number of benzene rings is 1. The summed E-state index contributed by atoms with van der Waals surface area (Å²) < 4.78 is 13.0. The van der Waals surface area contributed by atoms with Gasteiger partial charge in [-0.05, 0) is 19.1 Å². The minimum Gasteiger partial charge on any atom is -0.493 e. The number of hydrogen-bond donors (Lipinski definition) is 1. The van der Waals surface area contributed by atoms with Gasteiger partial charge in [-0.2, -0.15) is 0 Å². The smallest absolute Gasteiger partial charge is 0.391 e. The van der Waals surface area contributed by atoms with Crippen LogP contribution in [0, 0.1) is 0 Å². The number of rotatable bonds is 7. The molecule has 0 spiro atoms. The normalized spacial score (nSPS) is 10.1. The van der Waals surface area contributed by atoms with Gasteiger partial charge >= 0.3 is 5.95 Å². The maximum Gasteiger partial charge on any atom is 0.391 e. The summed E-state index contributed by atoms with van der Waals surface area (Å²) in [6.45, 7) is 4.18. The van der Waals surface area contributed by atoms with Crippen LogP contribution in [0.3, 0.4) is 0 Å². The van der Waals surface area contributed by atoms with Crippen LogP contribution in [-0.4, -0.2) is 25.2 Å². The quantitative estimate of drug-likeness (QED) is 0.618. The van der Waals surface area contributed by atoms with Crippen molar-refractivity contribution in [1.29, 1.82) is 0 Å². The van der Waals surface area contributed by atoms with Gasteiger partial charge in [0.1, 0.15) is 12.8 Å². The van der Waals surface area contributed by atoms with Crippen LogP contribution < -0.4 is 19.4 Å². The van der Waals surface area contributed by atoms with Gasteiger partial charge in [0, 0.05) is 6.07 Å². The Morgan fingerprint density at radius 3 is 2.75 bits per heavy atom. The predicted molar refractivity (Wildman–Crippen MR) is 77.1 cm³/mol. The van der Waals surface area contributed by atoms with E-state index in [2.05, 4.69) is 17.2 Å². The van der Waals surface area contributed by atoms with Gasteiger partial charge in [0.15, 0.2) is 11.5 Å². The highest BCUT2D eigenvalue weighted by molar-refractivity contribution is 5.39. The second-order valence-corrected chi connectivity index (χ2v) is 4.16. The fraction of sp³-hybridized carbons (Fsp3) is 0.333. The van der Waals surface area contributed by atoms with Gasteiger partial charge in [-0.1, -0.05) is 17.1 Å². The van der Waals surface area contributed by atoms with Crippen LogP contribution in [0.2, 0.25) is 0 Å². The monoisotopic (exact) mass is 274 g/mol. The van der Waals surface area contributed by atoms with Crippen molar-refractivity contribution < 1.29 is 14.0 Å². The van der Waals surface area contributed by atoms with Crippen LogP contribution in [0.1, 0.15) is 6.92 Å². The lowest BCUT2D eigenvalue weighted by Gasteiger charge is -2.09. The molecule has 0 saturated carbocycles. The molecule has 2 rings (SSSR count). The molecule has 1 aromatic carbocycles. The lowest BCUT2D eigenvalue weighted by atomic mass is 10.3. The lowest BCUT2D eigenvalue weighted by Crippen LogP contribution is -2.37. The first-order chi connectivity index (χ1) is 9.85. The largest absolute Gasteiger partial charge is 0.493 e. The van der Waals surface area contributed by atoms with Crippen molar-refractivity contribution in [2.24, 2.45) is 0 Å². The Morgan fingerprint density at radius 2 is 2.00 bits per heavy atom. The lowest BCUT2D eigenvalue weighted by molar-refractivity contribution is -0.682. The summed E-state index contributed by atoms with van der Waals surface area (Å²) in [6.07, 6.45) is 3.77. The standard InChI is InChI=1S/C15H19N3O2/c1-3-18-11-6-9-16-15(18)17-10-12-20-14-8-5-4-7-13(14)19-2/h4-9,11H,3,10,12H2,1-2H3/p+1. The van der Waals surface area contributed by atoms with Gasteiger partial charge in [0.2, 0.25) is 0 Å². The molecule has 0 unspecified atom stereocenters. The Bertz CT molecular complexity index is 497. The van der Waals surface area contributed by atoms with Crippen LogP contribution in [0.4, 0.5) is 5.95 Å². The SMILES string of the molecule is CC[n+]1cccnc1NCCOc1ccccc1OC. The van der Waals surface area contributed by atoms with Gasteiger partial charge in [0.05, 0.1) is 26.4 Å². The molecule has 0 aliphatic heterocycles. The number of methoxy groups -OCH3 is 1. The van der Waals surface area contributed by atoms with Crippen molar-refractivity contribution in [3.63, 3.8) is 0 Å². The fourth-order valence-electron chi connectivity index (χ4n) is 1.87. The highest BCUT2D eigenvalue weighted by atomic mass is 16.5.